The van der Waals surface area contributed by atoms with Crippen molar-refractivity contribution in [1.29, 1.82) is 0 Å². The highest BCUT2D eigenvalue weighted by Gasteiger charge is 2.56. The van der Waals surface area contributed by atoms with Gasteiger partial charge in [0.05, 0.1) is 24.5 Å². The predicted octanol–water partition coefficient (Wildman–Crippen LogP) is 5.75. The number of hydrogen-bond acceptors (Lipinski definition) is 5. The van der Waals surface area contributed by atoms with Gasteiger partial charge in [-0.15, -0.1) is 0 Å². The number of rotatable bonds is 8. The van der Waals surface area contributed by atoms with Crippen LogP contribution < -0.4 is 4.74 Å². The number of fused-ring (bicyclic) bond motifs is 3. The van der Waals surface area contributed by atoms with Crippen molar-refractivity contribution in [3.8, 4) is 11.5 Å². The van der Waals surface area contributed by atoms with Crippen LogP contribution in [0.4, 0.5) is 0 Å². The SMILES string of the molecule is CC/C(=C\c1cc(Br)ccc1O)CC[C@H]1OC[C@H]2C1=C(COc1ccccc1)C[C@H]1C(=O)N(C)C(=O)[C@H]12. The van der Waals surface area contributed by atoms with Crippen LogP contribution >= 0.6 is 15.9 Å². The number of amides is 2. The summed E-state index contributed by atoms with van der Waals surface area (Å²) in [5, 5.41) is 10.3. The van der Waals surface area contributed by atoms with E-state index >= 15 is 0 Å². The highest BCUT2D eigenvalue weighted by atomic mass is 79.9. The number of halogens is 1. The number of carbonyl (C=O) groups is 2. The molecular formula is C30H32BrNO5. The Kier molecular flexibility index (Phi) is 7.54. The van der Waals surface area contributed by atoms with Crippen LogP contribution in [0.5, 0.6) is 11.5 Å². The fourth-order valence-corrected chi connectivity index (χ4v) is 6.36. The van der Waals surface area contributed by atoms with E-state index in [4.69, 9.17) is 9.47 Å². The molecule has 194 valence electrons. The third-order valence-corrected chi connectivity index (χ3v) is 8.41. The fourth-order valence-electron chi connectivity index (χ4n) is 5.98. The van der Waals surface area contributed by atoms with Gasteiger partial charge in [0.25, 0.3) is 0 Å². The Hall–Kier alpha value is -2.90. The van der Waals surface area contributed by atoms with Crippen molar-refractivity contribution in [2.24, 2.45) is 17.8 Å². The van der Waals surface area contributed by atoms with Gasteiger partial charge < -0.3 is 14.6 Å². The largest absolute Gasteiger partial charge is 0.507 e. The number of allylic oxidation sites excluding steroid dienone is 1. The van der Waals surface area contributed by atoms with Crippen molar-refractivity contribution >= 4 is 33.8 Å². The lowest BCUT2D eigenvalue weighted by molar-refractivity contribution is -0.138. The van der Waals surface area contributed by atoms with E-state index in [1.807, 2.05) is 48.5 Å². The molecule has 2 aromatic carbocycles. The number of hydrogen-bond donors (Lipinski definition) is 1. The number of carbonyl (C=O) groups excluding carboxylic acids is 2. The number of phenols is 1. The van der Waals surface area contributed by atoms with E-state index in [0.717, 1.165) is 46.2 Å². The van der Waals surface area contributed by atoms with Crippen LogP contribution in [0.15, 0.2) is 69.7 Å². The van der Waals surface area contributed by atoms with Gasteiger partial charge in [0.2, 0.25) is 11.8 Å². The van der Waals surface area contributed by atoms with Crippen LogP contribution in [0.25, 0.3) is 6.08 Å². The van der Waals surface area contributed by atoms with Gasteiger partial charge in [-0.1, -0.05) is 52.7 Å². The van der Waals surface area contributed by atoms with Gasteiger partial charge >= 0.3 is 0 Å². The zero-order valence-electron chi connectivity index (χ0n) is 21.2. The molecule has 0 bridgehead atoms. The lowest BCUT2D eigenvalue weighted by Crippen LogP contribution is -2.35. The van der Waals surface area contributed by atoms with Gasteiger partial charge in [-0.2, -0.15) is 0 Å². The molecule has 3 aliphatic rings. The first-order chi connectivity index (χ1) is 17.9. The number of likely N-dealkylation sites (tertiary alicyclic amines) is 1. The maximum atomic E-state index is 13.0. The van der Waals surface area contributed by atoms with Crippen LogP contribution in [0, 0.1) is 17.8 Å². The normalized spacial score (nSPS) is 25.5. The summed E-state index contributed by atoms with van der Waals surface area (Å²) >= 11 is 3.48. The summed E-state index contributed by atoms with van der Waals surface area (Å²) in [6.45, 7) is 2.94. The second-order valence-electron chi connectivity index (χ2n) is 10.1. The summed E-state index contributed by atoms with van der Waals surface area (Å²) in [7, 11) is 1.59. The maximum Gasteiger partial charge on any atom is 0.233 e. The Morgan fingerprint density at radius 1 is 1.16 bits per heavy atom. The van der Waals surface area contributed by atoms with Crippen LogP contribution in [0.3, 0.4) is 0 Å². The molecule has 0 aromatic heterocycles. The second kappa shape index (κ2) is 10.8. The molecule has 0 radical (unpaired) electrons. The van der Waals surface area contributed by atoms with Gasteiger partial charge in [-0.3, -0.25) is 14.5 Å². The minimum absolute atomic E-state index is 0.0935. The highest BCUT2D eigenvalue weighted by Crippen LogP contribution is 2.49. The third-order valence-electron chi connectivity index (χ3n) is 7.92. The Morgan fingerprint density at radius 2 is 1.95 bits per heavy atom. The number of aromatic hydroxyl groups is 1. The van der Waals surface area contributed by atoms with Gasteiger partial charge in [0.1, 0.15) is 18.1 Å². The first kappa shape index (κ1) is 25.7. The molecule has 1 N–H and O–H groups in total. The van der Waals surface area contributed by atoms with Gasteiger partial charge in [0.15, 0.2) is 0 Å². The molecule has 0 saturated carbocycles. The summed E-state index contributed by atoms with van der Waals surface area (Å²) in [6, 6.07) is 15.1. The van der Waals surface area contributed by atoms with E-state index in [1.54, 1.807) is 13.1 Å². The van der Waals surface area contributed by atoms with Crippen molar-refractivity contribution in [3.63, 3.8) is 0 Å². The first-order valence-corrected chi connectivity index (χ1v) is 13.7. The number of imide groups is 1. The number of benzene rings is 2. The summed E-state index contributed by atoms with van der Waals surface area (Å²) in [5.74, 6) is 0.0554. The number of phenolic OH excluding ortho intramolecular Hbond substituents is 1. The number of ether oxygens (including phenoxy) is 2. The molecular weight excluding hydrogens is 534 g/mol. The van der Waals surface area contributed by atoms with Crippen LogP contribution in [-0.2, 0) is 14.3 Å². The monoisotopic (exact) mass is 565 g/mol. The van der Waals surface area contributed by atoms with Crippen molar-refractivity contribution in [1.82, 2.24) is 4.90 Å². The molecule has 4 atom stereocenters. The van der Waals surface area contributed by atoms with Crippen molar-refractivity contribution in [2.45, 2.75) is 38.7 Å². The number of nitrogens with zero attached hydrogens (tertiary/aromatic N) is 1. The van der Waals surface area contributed by atoms with Gasteiger partial charge in [-0.05, 0) is 67.2 Å². The van der Waals surface area contributed by atoms with Crippen molar-refractivity contribution in [3.05, 3.63) is 75.3 Å². The van der Waals surface area contributed by atoms with Crippen molar-refractivity contribution < 1.29 is 24.2 Å². The Morgan fingerprint density at radius 3 is 2.70 bits per heavy atom. The molecule has 2 aromatic rings. The third kappa shape index (κ3) is 5.12. The lowest BCUT2D eigenvalue weighted by Gasteiger charge is -2.31. The molecule has 0 spiro atoms. The van der Waals surface area contributed by atoms with Gasteiger partial charge in [-0.25, -0.2) is 0 Å². The molecule has 1 aliphatic carbocycles. The smallest absolute Gasteiger partial charge is 0.233 e. The van der Waals surface area contributed by atoms with Crippen LogP contribution in [0.1, 0.15) is 38.2 Å². The maximum absolute atomic E-state index is 13.0. The zero-order valence-corrected chi connectivity index (χ0v) is 22.7. The molecule has 2 aliphatic heterocycles. The fraction of sp³-hybridized carbons (Fsp3) is 0.400. The second-order valence-corrected chi connectivity index (χ2v) is 11.0. The standard InChI is InChI=1S/C30H32BrNO5/c1-3-18(13-19-14-21(31)10-11-25(19)33)9-12-26-27-20(16-36-22-7-5-4-6-8-22)15-23-28(24(27)17-37-26)30(35)32(2)29(23)34/h4-8,10-11,13-14,23-24,26,28,33H,3,9,12,15-17H2,1-2H3/b18-13+/t23-,24+,26-,28-/m1/s1. The highest BCUT2D eigenvalue weighted by molar-refractivity contribution is 9.10. The lowest BCUT2D eigenvalue weighted by atomic mass is 9.69. The Bertz CT molecular complexity index is 1250. The van der Waals surface area contributed by atoms with E-state index in [0.29, 0.717) is 19.6 Å². The topological polar surface area (TPSA) is 76.1 Å². The van der Waals surface area contributed by atoms with Crippen LogP contribution in [-0.4, -0.2) is 48.2 Å². The first-order valence-electron chi connectivity index (χ1n) is 12.9. The van der Waals surface area contributed by atoms with E-state index in [2.05, 4.69) is 22.9 Å². The average molecular weight is 566 g/mol. The minimum atomic E-state index is -0.349. The molecule has 7 heteroatoms. The van der Waals surface area contributed by atoms with Gasteiger partial charge in [0, 0.05) is 23.0 Å². The quantitative estimate of drug-likeness (QED) is 0.325. The van der Waals surface area contributed by atoms with E-state index in [-0.39, 0.29) is 41.4 Å². The number of para-hydroxylation sites is 1. The molecule has 2 heterocycles. The molecule has 0 unspecified atom stereocenters. The predicted molar refractivity (Wildman–Crippen MR) is 145 cm³/mol. The molecule has 2 fully saturated rings. The Balaban J connectivity index is 1.40. The van der Waals surface area contributed by atoms with Crippen LogP contribution in [0.2, 0.25) is 0 Å². The van der Waals surface area contributed by atoms with E-state index in [1.165, 1.54) is 10.5 Å². The van der Waals surface area contributed by atoms with E-state index in [9.17, 15) is 14.7 Å². The summed E-state index contributed by atoms with van der Waals surface area (Å²) in [6.07, 6.45) is 4.88. The van der Waals surface area contributed by atoms with E-state index < -0.39 is 0 Å². The summed E-state index contributed by atoms with van der Waals surface area (Å²) in [4.78, 5) is 27.2. The molecule has 2 amide bonds. The molecule has 2 saturated heterocycles. The van der Waals surface area contributed by atoms with Crippen molar-refractivity contribution in [2.75, 3.05) is 20.3 Å². The molecule has 6 nitrogen and oxygen atoms in total. The summed E-state index contributed by atoms with van der Waals surface area (Å²) in [5.41, 5.74) is 4.23. The molecule has 37 heavy (non-hydrogen) atoms. The Labute approximate surface area is 226 Å². The minimum Gasteiger partial charge on any atom is -0.507 e. The summed E-state index contributed by atoms with van der Waals surface area (Å²) < 4.78 is 13.4. The molecule has 5 rings (SSSR count). The zero-order chi connectivity index (χ0) is 26.1. The average Bonchev–Trinajstić information content (AvgIpc) is 3.42.